The van der Waals surface area contributed by atoms with E-state index in [1.807, 2.05) is 0 Å². The monoisotopic (exact) mass is 358 g/mol. The molecular formula is C18H18N2O6. The Labute approximate surface area is 149 Å². The Morgan fingerprint density at radius 2 is 1.88 bits per heavy atom. The molecule has 136 valence electrons. The quantitative estimate of drug-likeness (QED) is 0.483. The van der Waals surface area contributed by atoms with E-state index in [9.17, 15) is 19.7 Å². The van der Waals surface area contributed by atoms with Crippen molar-refractivity contribution in [3.63, 3.8) is 0 Å². The highest BCUT2D eigenvalue weighted by molar-refractivity contribution is 5.98. The van der Waals surface area contributed by atoms with Crippen molar-refractivity contribution in [1.82, 2.24) is 0 Å². The highest BCUT2D eigenvalue weighted by Gasteiger charge is 2.22. The molecule has 0 heterocycles. The lowest BCUT2D eigenvalue weighted by Gasteiger charge is -2.15. The molecule has 8 heteroatoms. The third-order valence-corrected chi connectivity index (χ3v) is 3.67. The maximum atomic E-state index is 12.3. The Hall–Kier alpha value is -3.42. The van der Waals surface area contributed by atoms with E-state index in [0.717, 1.165) is 5.56 Å². The van der Waals surface area contributed by atoms with Gasteiger partial charge in [0.25, 0.3) is 11.6 Å². The first-order valence-electron chi connectivity index (χ1n) is 7.73. The first kappa shape index (κ1) is 18.9. The summed E-state index contributed by atoms with van der Waals surface area (Å²) in [5, 5.41) is 13.4. The number of nitro benzene ring substituents is 1. The molecule has 0 unspecified atom stereocenters. The van der Waals surface area contributed by atoms with Gasteiger partial charge in [0.15, 0.2) is 6.10 Å². The number of benzene rings is 2. The number of hydrogen-bond donors (Lipinski definition) is 1. The van der Waals surface area contributed by atoms with Crippen LogP contribution in [-0.2, 0) is 9.53 Å². The average Bonchev–Trinajstić information content (AvgIpc) is 2.61. The van der Waals surface area contributed by atoms with Crippen molar-refractivity contribution in [2.24, 2.45) is 0 Å². The van der Waals surface area contributed by atoms with Crippen LogP contribution in [0.4, 0.5) is 11.4 Å². The number of rotatable bonds is 6. The van der Waals surface area contributed by atoms with Crippen molar-refractivity contribution >= 4 is 23.3 Å². The summed E-state index contributed by atoms with van der Waals surface area (Å²) < 4.78 is 10.3. The molecule has 0 spiro atoms. The molecule has 2 rings (SSSR count). The van der Waals surface area contributed by atoms with Crippen molar-refractivity contribution in [2.75, 3.05) is 12.4 Å². The lowest BCUT2D eigenvalue weighted by Crippen LogP contribution is -2.30. The highest BCUT2D eigenvalue weighted by atomic mass is 16.6. The van der Waals surface area contributed by atoms with Crippen molar-refractivity contribution < 1.29 is 24.0 Å². The molecule has 2 aromatic carbocycles. The van der Waals surface area contributed by atoms with Gasteiger partial charge in [0.05, 0.1) is 23.3 Å². The number of non-ortho nitro benzene ring substituents is 1. The molecule has 0 aromatic heterocycles. The van der Waals surface area contributed by atoms with Gasteiger partial charge < -0.3 is 14.8 Å². The number of hydrogen-bond acceptors (Lipinski definition) is 6. The second-order valence-electron chi connectivity index (χ2n) is 5.49. The van der Waals surface area contributed by atoms with Crippen LogP contribution >= 0.6 is 0 Å². The SMILES string of the molecule is COc1ccc([N+](=O)[O-])cc1NC(=O)[C@@H](C)OC(=O)c1ccccc1C. The lowest BCUT2D eigenvalue weighted by molar-refractivity contribution is -0.384. The van der Waals surface area contributed by atoms with E-state index in [1.165, 1.54) is 32.2 Å². The highest BCUT2D eigenvalue weighted by Crippen LogP contribution is 2.29. The Morgan fingerprint density at radius 1 is 1.19 bits per heavy atom. The molecule has 1 atom stereocenters. The molecule has 1 amide bonds. The average molecular weight is 358 g/mol. The third-order valence-electron chi connectivity index (χ3n) is 3.67. The fourth-order valence-electron chi connectivity index (χ4n) is 2.22. The maximum absolute atomic E-state index is 12.3. The molecule has 0 aliphatic carbocycles. The maximum Gasteiger partial charge on any atom is 0.339 e. The third kappa shape index (κ3) is 4.35. The first-order valence-corrected chi connectivity index (χ1v) is 7.73. The second-order valence-corrected chi connectivity index (χ2v) is 5.49. The normalized spacial score (nSPS) is 11.3. The Bertz CT molecular complexity index is 849. The van der Waals surface area contributed by atoms with Crippen LogP contribution in [0.3, 0.4) is 0 Å². The Morgan fingerprint density at radius 3 is 2.50 bits per heavy atom. The van der Waals surface area contributed by atoms with Gasteiger partial charge in [0.2, 0.25) is 0 Å². The molecule has 26 heavy (non-hydrogen) atoms. The molecule has 0 aliphatic rings. The molecule has 0 aliphatic heterocycles. The molecule has 1 N–H and O–H groups in total. The minimum atomic E-state index is -1.11. The summed E-state index contributed by atoms with van der Waals surface area (Å²) in [5.74, 6) is -1.01. The van der Waals surface area contributed by atoms with Gasteiger partial charge in [-0.3, -0.25) is 14.9 Å². The molecule has 0 saturated carbocycles. The number of aryl methyl sites for hydroxylation is 1. The zero-order chi connectivity index (χ0) is 19.3. The Kier molecular flexibility index (Phi) is 5.90. The number of nitrogens with zero attached hydrogens (tertiary/aromatic N) is 1. The van der Waals surface area contributed by atoms with E-state index in [4.69, 9.17) is 9.47 Å². The molecule has 0 bridgehead atoms. The molecule has 0 radical (unpaired) electrons. The van der Waals surface area contributed by atoms with Crippen LogP contribution in [0, 0.1) is 17.0 Å². The number of ether oxygens (including phenoxy) is 2. The van der Waals surface area contributed by atoms with Crippen molar-refractivity contribution in [1.29, 1.82) is 0 Å². The van der Waals surface area contributed by atoms with E-state index < -0.39 is 22.9 Å². The summed E-state index contributed by atoms with van der Waals surface area (Å²) in [7, 11) is 1.37. The van der Waals surface area contributed by atoms with Crippen LogP contribution < -0.4 is 10.1 Å². The molecule has 2 aromatic rings. The van der Waals surface area contributed by atoms with E-state index >= 15 is 0 Å². The van der Waals surface area contributed by atoms with Gasteiger partial charge in [-0.2, -0.15) is 0 Å². The number of nitrogens with one attached hydrogen (secondary N) is 1. The van der Waals surface area contributed by atoms with Gasteiger partial charge in [-0.05, 0) is 31.5 Å². The summed E-state index contributed by atoms with van der Waals surface area (Å²) in [5.41, 5.74) is 1.00. The van der Waals surface area contributed by atoms with E-state index in [1.54, 1.807) is 31.2 Å². The van der Waals surface area contributed by atoms with Crippen LogP contribution in [-0.4, -0.2) is 30.0 Å². The van der Waals surface area contributed by atoms with Crippen LogP contribution in [0.2, 0.25) is 0 Å². The fraction of sp³-hybridized carbons (Fsp3) is 0.222. The zero-order valence-corrected chi connectivity index (χ0v) is 14.5. The van der Waals surface area contributed by atoms with E-state index in [2.05, 4.69) is 5.32 Å². The molecule has 8 nitrogen and oxygen atoms in total. The Balaban J connectivity index is 2.12. The molecule has 0 fully saturated rings. The van der Waals surface area contributed by atoms with Crippen molar-refractivity contribution in [3.05, 3.63) is 63.7 Å². The number of carbonyl (C=O) groups is 2. The first-order chi connectivity index (χ1) is 12.3. The van der Waals surface area contributed by atoms with Gasteiger partial charge in [-0.1, -0.05) is 18.2 Å². The summed E-state index contributed by atoms with van der Waals surface area (Å²) in [6.07, 6.45) is -1.11. The predicted molar refractivity (Wildman–Crippen MR) is 94.3 cm³/mol. The number of esters is 1. The molecule has 0 saturated heterocycles. The standard InChI is InChI=1S/C18H18N2O6/c1-11-6-4-5-7-14(11)18(22)26-12(2)17(21)19-15-10-13(20(23)24)8-9-16(15)25-3/h4-10,12H,1-3H3,(H,19,21)/t12-/m1/s1. The smallest absolute Gasteiger partial charge is 0.339 e. The topological polar surface area (TPSA) is 108 Å². The summed E-state index contributed by atoms with van der Waals surface area (Å²) in [6, 6.07) is 10.7. The van der Waals surface area contributed by atoms with Crippen LogP contribution in [0.25, 0.3) is 0 Å². The summed E-state index contributed by atoms with van der Waals surface area (Å²) >= 11 is 0. The number of carbonyl (C=O) groups excluding carboxylic acids is 2. The summed E-state index contributed by atoms with van der Waals surface area (Å²) in [6.45, 7) is 3.17. The van der Waals surface area contributed by atoms with E-state index in [0.29, 0.717) is 5.56 Å². The summed E-state index contributed by atoms with van der Waals surface area (Å²) in [4.78, 5) is 34.8. The van der Waals surface area contributed by atoms with Crippen LogP contribution in [0.15, 0.2) is 42.5 Å². The van der Waals surface area contributed by atoms with Crippen molar-refractivity contribution in [3.8, 4) is 5.75 Å². The van der Waals surface area contributed by atoms with Gasteiger partial charge in [0, 0.05) is 12.1 Å². The number of anilines is 1. The van der Waals surface area contributed by atoms with E-state index in [-0.39, 0.29) is 17.1 Å². The van der Waals surface area contributed by atoms with Crippen molar-refractivity contribution in [2.45, 2.75) is 20.0 Å². The largest absolute Gasteiger partial charge is 0.495 e. The number of methoxy groups -OCH3 is 1. The molecular weight excluding hydrogens is 340 g/mol. The van der Waals surface area contributed by atoms with Gasteiger partial charge in [-0.15, -0.1) is 0 Å². The number of amides is 1. The van der Waals surface area contributed by atoms with Crippen LogP contribution in [0.1, 0.15) is 22.8 Å². The minimum Gasteiger partial charge on any atom is -0.495 e. The second kappa shape index (κ2) is 8.11. The van der Waals surface area contributed by atoms with Gasteiger partial charge in [0.1, 0.15) is 5.75 Å². The minimum absolute atomic E-state index is 0.116. The van der Waals surface area contributed by atoms with Gasteiger partial charge >= 0.3 is 5.97 Å². The number of nitro groups is 1. The zero-order valence-electron chi connectivity index (χ0n) is 14.5. The van der Waals surface area contributed by atoms with Crippen LogP contribution in [0.5, 0.6) is 5.75 Å². The van der Waals surface area contributed by atoms with Gasteiger partial charge in [-0.25, -0.2) is 4.79 Å². The lowest BCUT2D eigenvalue weighted by atomic mass is 10.1. The predicted octanol–water partition coefficient (Wildman–Crippen LogP) is 3.10. The fourth-order valence-corrected chi connectivity index (χ4v) is 2.22.